The molecule has 1 aliphatic heterocycles. The number of hydrogen-bond donors (Lipinski definition) is 1. The Hall–Kier alpha value is -1.78. The number of aromatic nitrogens is 1. The molecule has 21 heavy (non-hydrogen) atoms. The third kappa shape index (κ3) is 4.62. The summed E-state index contributed by atoms with van der Waals surface area (Å²) in [5.41, 5.74) is 0.945. The molecule has 0 saturated carbocycles. The Morgan fingerprint density at radius 2 is 1.86 bits per heavy atom. The molecule has 1 aromatic rings. The number of H-pyrrole nitrogens is 1. The van der Waals surface area contributed by atoms with E-state index < -0.39 is 0 Å². The van der Waals surface area contributed by atoms with Crippen LogP contribution in [0.1, 0.15) is 38.3 Å². The lowest BCUT2D eigenvalue weighted by Crippen LogP contribution is -2.37. The number of carbonyl (C=O) groups excluding carboxylic acids is 2. The normalized spacial score (nSPS) is 15.9. The van der Waals surface area contributed by atoms with Crippen molar-refractivity contribution in [3.63, 3.8) is 0 Å². The van der Waals surface area contributed by atoms with Gasteiger partial charge in [-0.3, -0.25) is 9.59 Å². The Bertz CT molecular complexity index is 456. The zero-order chi connectivity index (χ0) is 15.1. The number of hydrogen-bond acceptors (Lipinski definition) is 2. The SMILES string of the molecule is CCCCC(=O)N1CCCN(C(=O)Cc2ccc[nH]2)CC1. The second-order valence-electron chi connectivity index (χ2n) is 5.59. The lowest BCUT2D eigenvalue weighted by Gasteiger charge is -2.22. The smallest absolute Gasteiger partial charge is 0.228 e. The molecule has 2 rings (SSSR count). The van der Waals surface area contributed by atoms with Crippen molar-refractivity contribution < 1.29 is 9.59 Å². The lowest BCUT2D eigenvalue weighted by atomic mass is 10.2. The number of unbranched alkanes of at least 4 members (excludes halogenated alkanes) is 1. The van der Waals surface area contributed by atoms with Crippen molar-refractivity contribution in [1.82, 2.24) is 14.8 Å². The molecular formula is C16H25N3O2. The molecule has 116 valence electrons. The molecule has 5 heteroatoms. The molecule has 1 aromatic heterocycles. The Labute approximate surface area is 126 Å². The maximum Gasteiger partial charge on any atom is 0.228 e. The topological polar surface area (TPSA) is 56.4 Å². The van der Waals surface area contributed by atoms with Gasteiger partial charge < -0.3 is 14.8 Å². The summed E-state index contributed by atoms with van der Waals surface area (Å²) in [6.07, 6.45) is 5.74. The van der Waals surface area contributed by atoms with Crippen molar-refractivity contribution in [3.05, 3.63) is 24.0 Å². The Kier molecular flexibility index (Phi) is 5.84. The van der Waals surface area contributed by atoms with Crippen LogP contribution in [0.2, 0.25) is 0 Å². The average molecular weight is 291 g/mol. The fraction of sp³-hybridized carbons (Fsp3) is 0.625. The molecule has 0 radical (unpaired) electrons. The van der Waals surface area contributed by atoms with E-state index in [9.17, 15) is 9.59 Å². The first-order chi connectivity index (χ1) is 10.2. The first kappa shape index (κ1) is 15.6. The van der Waals surface area contributed by atoms with Gasteiger partial charge >= 0.3 is 0 Å². The average Bonchev–Trinajstić information content (AvgIpc) is 2.86. The van der Waals surface area contributed by atoms with Gasteiger partial charge in [0.05, 0.1) is 6.42 Å². The number of nitrogens with zero attached hydrogens (tertiary/aromatic N) is 2. The van der Waals surface area contributed by atoms with Crippen LogP contribution < -0.4 is 0 Å². The highest BCUT2D eigenvalue weighted by Gasteiger charge is 2.21. The van der Waals surface area contributed by atoms with Crippen LogP contribution in [0.4, 0.5) is 0 Å². The van der Waals surface area contributed by atoms with Gasteiger partial charge in [-0.05, 0) is 25.0 Å². The van der Waals surface area contributed by atoms with Gasteiger partial charge in [-0.25, -0.2) is 0 Å². The van der Waals surface area contributed by atoms with Crippen LogP contribution in [0.5, 0.6) is 0 Å². The van der Waals surface area contributed by atoms with Crippen LogP contribution in [-0.4, -0.2) is 52.8 Å². The van der Waals surface area contributed by atoms with E-state index in [0.717, 1.165) is 38.0 Å². The van der Waals surface area contributed by atoms with Crippen molar-refractivity contribution in [2.75, 3.05) is 26.2 Å². The van der Waals surface area contributed by atoms with E-state index in [-0.39, 0.29) is 11.8 Å². The van der Waals surface area contributed by atoms with Gasteiger partial charge in [0.15, 0.2) is 0 Å². The number of carbonyl (C=O) groups is 2. The Morgan fingerprint density at radius 3 is 2.48 bits per heavy atom. The van der Waals surface area contributed by atoms with Crippen LogP contribution in [0, 0.1) is 0 Å². The van der Waals surface area contributed by atoms with Crippen LogP contribution in [0.25, 0.3) is 0 Å². The molecule has 0 aliphatic carbocycles. The van der Waals surface area contributed by atoms with E-state index >= 15 is 0 Å². The summed E-state index contributed by atoms with van der Waals surface area (Å²) < 4.78 is 0. The molecule has 0 spiro atoms. The highest BCUT2D eigenvalue weighted by Crippen LogP contribution is 2.09. The minimum atomic E-state index is 0.139. The van der Waals surface area contributed by atoms with Crippen LogP contribution in [-0.2, 0) is 16.0 Å². The summed E-state index contributed by atoms with van der Waals surface area (Å²) in [6.45, 7) is 4.93. The maximum absolute atomic E-state index is 12.3. The van der Waals surface area contributed by atoms with E-state index in [1.807, 2.05) is 28.1 Å². The molecule has 0 aromatic carbocycles. The van der Waals surface area contributed by atoms with Crippen molar-refractivity contribution >= 4 is 11.8 Å². The summed E-state index contributed by atoms with van der Waals surface area (Å²) in [7, 11) is 0. The maximum atomic E-state index is 12.3. The van der Waals surface area contributed by atoms with Gasteiger partial charge in [0.2, 0.25) is 11.8 Å². The van der Waals surface area contributed by atoms with Gasteiger partial charge in [-0.15, -0.1) is 0 Å². The van der Waals surface area contributed by atoms with Gasteiger partial charge in [0.25, 0.3) is 0 Å². The van der Waals surface area contributed by atoms with E-state index in [0.29, 0.717) is 25.9 Å². The Balaban J connectivity index is 1.82. The van der Waals surface area contributed by atoms with E-state index in [1.165, 1.54) is 0 Å². The molecule has 2 heterocycles. The zero-order valence-corrected chi connectivity index (χ0v) is 12.8. The third-order valence-electron chi connectivity index (χ3n) is 3.95. The Morgan fingerprint density at radius 1 is 1.14 bits per heavy atom. The number of rotatable bonds is 5. The molecule has 0 atom stereocenters. The predicted octanol–water partition coefficient (Wildman–Crippen LogP) is 1.81. The fourth-order valence-corrected chi connectivity index (χ4v) is 2.65. The number of aromatic amines is 1. The number of amides is 2. The van der Waals surface area contributed by atoms with E-state index in [2.05, 4.69) is 11.9 Å². The molecule has 1 aliphatic rings. The minimum Gasteiger partial charge on any atom is -0.365 e. The van der Waals surface area contributed by atoms with Crippen LogP contribution in [0.15, 0.2) is 18.3 Å². The highest BCUT2D eigenvalue weighted by atomic mass is 16.2. The second kappa shape index (κ2) is 7.86. The van der Waals surface area contributed by atoms with Crippen LogP contribution >= 0.6 is 0 Å². The largest absolute Gasteiger partial charge is 0.365 e. The fourth-order valence-electron chi connectivity index (χ4n) is 2.65. The van der Waals surface area contributed by atoms with Crippen molar-refractivity contribution in [3.8, 4) is 0 Å². The molecule has 0 bridgehead atoms. The van der Waals surface area contributed by atoms with Crippen LogP contribution in [0.3, 0.4) is 0 Å². The highest BCUT2D eigenvalue weighted by molar-refractivity contribution is 5.79. The van der Waals surface area contributed by atoms with Crippen molar-refractivity contribution in [2.45, 2.75) is 39.0 Å². The summed E-state index contributed by atoms with van der Waals surface area (Å²) >= 11 is 0. The summed E-state index contributed by atoms with van der Waals surface area (Å²) in [5.74, 6) is 0.371. The molecule has 1 N–H and O–H groups in total. The van der Waals surface area contributed by atoms with Gasteiger partial charge in [-0.1, -0.05) is 13.3 Å². The quantitative estimate of drug-likeness (QED) is 0.899. The molecule has 1 fully saturated rings. The molecule has 2 amide bonds. The molecule has 1 saturated heterocycles. The molecular weight excluding hydrogens is 266 g/mol. The first-order valence-electron chi connectivity index (χ1n) is 7.88. The molecule has 5 nitrogen and oxygen atoms in total. The van der Waals surface area contributed by atoms with Gasteiger partial charge in [0.1, 0.15) is 0 Å². The summed E-state index contributed by atoms with van der Waals surface area (Å²) in [6, 6.07) is 3.83. The minimum absolute atomic E-state index is 0.139. The summed E-state index contributed by atoms with van der Waals surface area (Å²) in [4.78, 5) is 31.2. The van der Waals surface area contributed by atoms with E-state index in [1.54, 1.807) is 0 Å². The number of nitrogens with one attached hydrogen (secondary N) is 1. The van der Waals surface area contributed by atoms with Gasteiger partial charge in [0, 0.05) is 44.5 Å². The first-order valence-corrected chi connectivity index (χ1v) is 7.88. The second-order valence-corrected chi connectivity index (χ2v) is 5.59. The third-order valence-corrected chi connectivity index (χ3v) is 3.95. The predicted molar refractivity (Wildman–Crippen MR) is 81.8 cm³/mol. The van der Waals surface area contributed by atoms with E-state index in [4.69, 9.17) is 0 Å². The van der Waals surface area contributed by atoms with Crippen molar-refractivity contribution in [2.24, 2.45) is 0 Å². The lowest BCUT2D eigenvalue weighted by molar-refractivity contribution is -0.133. The van der Waals surface area contributed by atoms with Crippen molar-refractivity contribution in [1.29, 1.82) is 0 Å². The molecule has 0 unspecified atom stereocenters. The zero-order valence-electron chi connectivity index (χ0n) is 12.8. The summed E-state index contributed by atoms with van der Waals surface area (Å²) in [5, 5.41) is 0. The standard InChI is InChI=1S/C16H25N3O2/c1-2-3-7-15(20)18-9-5-10-19(12-11-18)16(21)13-14-6-4-8-17-14/h4,6,8,17H,2-3,5,7,9-13H2,1H3. The monoisotopic (exact) mass is 291 g/mol. The van der Waals surface area contributed by atoms with Gasteiger partial charge in [-0.2, -0.15) is 0 Å².